The Hall–Kier alpha value is 0.540. The minimum atomic E-state index is -0.0772. The molecule has 2 atom stereocenters. The fourth-order valence-electron chi connectivity index (χ4n) is 0.761. The van der Waals surface area contributed by atoms with Gasteiger partial charge < -0.3 is 5.11 Å². The predicted octanol–water partition coefficient (Wildman–Crippen LogP) is 2.38. The van der Waals surface area contributed by atoms with Gasteiger partial charge in [-0.2, -0.15) is 0 Å². The van der Waals surface area contributed by atoms with Crippen LogP contribution >= 0.6 is 23.2 Å². The lowest BCUT2D eigenvalue weighted by atomic mass is 10.1. The van der Waals surface area contributed by atoms with E-state index in [1.54, 1.807) is 0 Å². The zero-order chi connectivity index (χ0) is 7.98. The molecule has 1 N–H and O–H groups in total. The molecule has 0 fully saturated rings. The fourth-order valence-corrected chi connectivity index (χ4v) is 1.33. The van der Waals surface area contributed by atoms with Crippen molar-refractivity contribution in [3.8, 4) is 0 Å². The van der Waals surface area contributed by atoms with Crippen LogP contribution in [0.5, 0.6) is 0 Å². The summed E-state index contributed by atoms with van der Waals surface area (Å²) in [5.41, 5.74) is 0. The lowest BCUT2D eigenvalue weighted by molar-refractivity contribution is 0.284. The Morgan fingerprint density at radius 3 is 2.10 bits per heavy atom. The zero-order valence-corrected chi connectivity index (χ0v) is 7.70. The summed E-state index contributed by atoms with van der Waals surface area (Å²) in [6.45, 7) is 2.19. The monoisotopic (exact) mass is 184 g/mol. The summed E-state index contributed by atoms with van der Waals surface area (Å²) in [7, 11) is 0. The van der Waals surface area contributed by atoms with Gasteiger partial charge in [0.1, 0.15) is 0 Å². The van der Waals surface area contributed by atoms with Crippen molar-refractivity contribution in [3.05, 3.63) is 0 Å². The van der Waals surface area contributed by atoms with Crippen molar-refractivity contribution in [1.82, 2.24) is 0 Å². The van der Waals surface area contributed by atoms with Crippen molar-refractivity contribution in [3.63, 3.8) is 0 Å². The standard InChI is InChI=1S/C7H14Cl2O/c1-2-3-6(8)7(9)4-5-10/h6-7,10H,2-5H2,1H3. The van der Waals surface area contributed by atoms with Crippen LogP contribution in [0, 0.1) is 0 Å². The van der Waals surface area contributed by atoms with Gasteiger partial charge in [0.05, 0.1) is 10.8 Å². The van der Waals surface area contributed by atoms with Crippen molar-refractivity contribution < 1.29 is 5.11 Å². The normalized spacial score (nSPS) is 16.8. The van der Waals surface area contributed by atoms with E-state index in [2.05, 4.69) is 6.92 Å². The minimum absolute atomic E-state index is 0.0128. The number of aliphatic hydroxyl groups is 1. The Kier molecular flexibility index (Phi) is 6.60. The molecule has 0 radical (unpaired) electrons. The molecule has 62 valence electrons. The summed E-state index contributed by atoms with van der Waals surface area (Å²) in [5, 5.41) is 8.45. The van der Waals surface area contributed by atoms with E-state index < -0.39 is 0 Å². The van der Waals surface area contributed by atoms with Gasteiger partial charge in [0, 0.05) is 6.61 Å². The number of halogens is 2. The molecule has 0 aromatic carbocycles. The average molecular weight is 185 g/mol. The predicted molar refractivity (Wildman–Crippen MR) is 45.9 cm³/mol. The SMILES string of the molecule is CCCC(Cl)C(Cl)CCO. The third-order valence-corrected chi connectivity index (χ3v) is 2.54. The molecule has 0 aromatic heterocycles. The summed E-state index contributed by atoms with van der Waals surface area (Å²) in [5.74, 6) is 0. The topological polar surface area (TPSA) is 20.2 Å². The maximum absolute atomic E-state index is 8.51. The molecule has 0 rings (SSSR count). The molecule has 0 aliphatic rings. The van der Waals surface area contributed by atoms with Crippen molar-refractivity contribution >= 4 is 23.2 Å². The Morgan fingerprint density at radius 1 is 1.20 bits per heavy atom. The summed E-state index contributed by atoms with van der Waals surface area (Å²) in [6.07, 6.45) is 2.56. The second kappa shape index (κ2) is 6.26. The minimum Gasteiger partial charge on any atom is -0.396 e. The molecule has 0 heterocycles. The number of alkyl halides is 2. The van der Waals surface area contributed by atoms with E-state index in [1.165, 1.54) is 0 Å². The smallest absolute Gasteiger partial charge is 0.0521 e. The van der Waals surface area contributed by atoms with Crippen LogP contribution < -0.4 is 0 Å². The third kappa shape index (κ3) is 4.37. The van der Waals surface area contributed by atoms with Crippen LogP contribution in [0.3, 0.4) is 0 Å². The van der Waals surface area contributed by atoms with E-state index in [0.717, 1.165) is 12.8 Å². The van der Waals surface area contributed by atoms with Gasteiger partial charge in [0.15, 0.2) is 0 Å². The summed E-state index contributed by atoms with van der Waals surface area (Å²) in [6, 6.07) is 0. The quantitative estimate of drug-likeness (QED) is 0.652. The molecule has 0 aliphatic heterocycles. The van der Waals surface area contributed by atoms with Gasteiger partial charge in [-0.25, -0.2) is 0 Å². The van der Waals surface area contributed by atoms with Crippen molar-refractivity contribution in [2.75, 3.05) is 6.61 Å². The third-order valence-electron chi connectivity index (χ3n) is 1.36. The van der Waals surface area contributed by atoms with Crippen LogP contribution in [-0.4, -0.2) is 22.5 Å². The highest BCUT2D eigenvalue weighted by Crippen LogP contribution is 2.17. The second-order valence-corrected chi connectivity index (χ2v) is 3.45. The molecule has 0 bridgehead atoms. The lowest BCUT2D eigenvalue weighted by Gasteiger charge is -2.13. The Balaban J connectivity index is 3.38. The van der Waals surface area contributed by atoms with Crippen LogP contribution in [-0.2, 0) is 0 Å². The molecule has 3 heteroatoms. The number of aliphatic hydroxyl groups excluding tert-OH is 1. The summed E-state index contributed by atoms with van der Waals surface area (Å²) >= 11 is 11.7. The highest BCUT2D eigenvalue weighted by molar-refractivity contribution is 6.29. The van der Waals surface area contributed by atoms with E-state index in [1.807, 2.05) is 0 Å². The average Bonchev–Trinajstić information content (AvgIpc) is 1.89. The molecule has 0 saturated carbocycles. The number of hydrogen-bond acceptors (Lipinski definition) is 1. The van der Waals surface area contributed by atoms with Crippen molar-refractivity contribution in [2.24, 2.45) is 0 Å². The summed E-state index contributed by atoms with van der Waals surface area (Å²) in [4.78, 5) is 0. The second-order valence-electron chi connectivity index (χ2n) is 2.33. The van der Waals surface area contributed by atoms with E-state index in [0.29, 0.717) is 6.42 Å². The maximum atomic E-state index is 8.51. The molecule has 0 spiro atoms. The first-order chi connectivity index (χ1) is 4.72. The number of rotatable bonds is 5. The molecular formula is C7H14Cl2O. The van der Waals surface area contributed by atoms with Gasteiger partial charge in [0.2, 0.25) is 0 Å². The summed E-state index contributed by atoms with van der Waals surface area (Å²) < 4.78 is 0. The van der Waals surface area contributed by atoms with Gasteiger partial charge >= 0.3 is 0 Å². The molecule has 10 heavy (non-hydrogen) atoms. The van der Waals surface area contributed by atoms with Gasteiger partial charge in [-0.3, -0.25) is 0 Å². The van der Waals surface area contributed by atoms with Crippen LogP contribution in [0.1, 0.15) is 26.2 Å². The lowest BCUT2D eigenvalue weighted by Crippen LogP contribution is -2.15. The van der Waals surface area contributed by atoms with Crippen LogP contribution in [0.4, 0.5) is 0 Å². The first-order valence-electron chi connectivity index (χ1n) is 3.61. The molecule has 1 nitrogen and oxygen atoms in total. The van der Waals surface area contributed by atoms with E-state index in [9.17, 15) is 0 Å². The zero-order valence-electron chi connectivity index (χ0n) is 6.19. The van der Waals surface area contributed by atoms with E-state index in [4.69, 9.17) is 28.3 Å². The molecule has 0 aliphatic carbocycles. The molecule has 2 unspecified atom stereocenters. The fraction of sp³-hybridized carbons (Fsp3) is 1.00. The largest absolute Gasteiger partial charge is 0.396 e. The van der Waals surface area contributed by atoms with Gasteiger partial charge in [-0.15, -0.1) is 23.2 Å². The Labute approximate surface area is 72.3 Å². The van der Waals surface area contributed by atoms with Gasteiger partial charge in [-0.05, 0) is 12.8 Å². The van der Waals surface area contributed by atoms with Crippen molar-refractivity contribution in [1.29, 1.82) is 0 Å². The van der Waals surface area contributed by atoms with E-state index in [-0.39, 0.29) is 17.4 Å². The molecule has 0 saturated heterocycles. The van der Waals surface area contributed by atoms with Crippen LogP contribution in [0.2, 0.25) is 0 Å². The molecule has 0 aromatic rings. The van der Waals surface area contributed by atoms with Crippen LogP contribution in [0.15, 0.2) is 0 Å². The molecule has 0 amide bonds. The first kappa shape index (κ1) is 10.5. The Bertz CT molecular complexity index is 68.0. The molecular weight excluding hydrogens is 171 g/mol. The van der Waals surface area contributed by atoms with Gasteiger partial charge in [0.25, 0.3) is 0 Å². The maximum Gasteiger partial charge on any atom is 0.0521 e. The van der Waals surface area contributed by atoms with Crippen molar-refractivity contribution in [2.45, 2.75) is 36.9 Å². The van der Waals surface area contributed by atoms with Crippen LogP contribution in [0.25, 0.3) is 0 Å². The van der Waals surface area contributed by atoms with E-state index >= 15 is 0 Å². The number of hydrogen-bond donors (Lipinski definition) is 1. The Morgan fingerprint density at radius 2 is 1.70 bits per heavy atom. The first-order valence-corrected chi connectivity index (χ1v) is 4.48. The van der Waals surface area contributed by atoms with Gasteiger partial charge in [-0.1, -0.05) is 13.3 Å². The highest BCUT2D eigenvalue weighted by Gasteiger charge is 2.14. The highest BCUT2D eigenvalue weighted by atomic mass is 35.5.